The Kier molecular flexibility index (Phi) is 3.85. The fraction of sp³-hybridized carbons (Fsp3) is 0.100. The number of alkyl halides is 2. The Morgan fingerprint density at radius 2 is 2.00 bits per heavy atom. The minimum Gasteiger partial charge on any atom is -0.435 e. The van der Waals surface area contributed by atoms with E-state index in [0.29, 0.717) is 0 Å². The van der Waals surface area contributed by atoms with Gasteiger partial charge in [0.1, 0.15) is 5.75 Å². The summed E-state index contributed by atoms with van der Waals surface area (Å²) in [6.45, 7) is -2.90. The van der Waals surface area contributed by atoms with Gasteiger partial charge >= 0.3 is 6.61 Å². The summed E-state index contributed by atoms with van der Waals surface area (Å²) in [6.07, 6.45) is 0. The number of carbonyl (C=O) groups is 1. The van der Waals surface area contributed by atoms with Crippen molar-refractivity contribution in [1.82, 2.24) is 10.2 Å². The monoisotopic (exact) mass is 286 g/mol. The molecule has 0 aliphatic heterocycles. The number of hydrogen-bond donors (Lipinski definition) is 2. The zero-order valence-electron chi connectivity index (χ0n) is 9.34. The first-order valence-electron chi connectivity index (χ1n) is 5.00. The summed E-state index contributed by atoms with van der Waals surface area (Å²) in [4.78, 5) is 11.8. The molecular weight excluding hydrogens is 278 g/mol. The standard InChI is InChI=1S/C10H8F2N4O2S/c11-8(12)18-6-3-1-5(2-4-6)7(17)14-10-16-15-9(13)19-10/h1-4,8H,(H2,13,15)(H,14,16,17). The Hall–Kier alpha value is -2.29. The first-order chi connectivity index (χ1) is 9.04. The molecule has 2 aromatic rings. The summed E-state index contributed by atoms with van der Waals surface area (Å²) in [5.41, 5.74) is 5.64. The number of hydrogen-bond acceptors (Lipinski definition) is 6. The molecule has 0 aliphatic rings. The summed E-state index contributed by atoms with van der Waals surface area (Å²) < 4.78 is 28.1. The average molecular weight is 286 g/mol. The summed E-state index contributed by atoms with van der Waals surface area (Å²) in [5.74, 6) is -0.466. The third kappa shape index (κ3) is 3.58. The predicted molar refractivity (Wildman–Crippen MR) is 65.3 cm³/mol. The molecule has 100 valence electrons. The van der Waals surface area contributed by atoms with Gasteiger partial charge in [-0.2, -0.15) is 8.78 Å². The number of amides is 1. The lowest BCUT2D eigenvalue weighted by Gasteiger charge is -2.05. The second-order valence-corrected chi connectivity index (χ2v) is 4.31. The smallest absolute Gasteiger partial charge is 0.387 e. The van der Waals surface area contributed by atoms with E-state index in [-0.39, 0.29) is 21.6 Å². The van der Waals surface area contributed by atoms with Crippen molar-refractivity contribution in [3.63, 3.8) is 0 Å². The van der Waals surface area contributed by atoms with Gasteiger partial charge in [0.2, 0.25) is 10.3 Å². The SMILES string of the molecule is Nc1nnc(NC(=O)c2ccc(OC(F)F)cc2)s1. The molecule has 1 aromatic carbocycles. The Morgan fingerprint density at radius 1 is 1.32 bits per heavy atom. The first kappa shape index (κ1) is 13.1. The molecule has 0 fully saturated rings. The summed E-state index contributed by atoms with van der Waals surface area (Å²) in [5, 5.41) is 10.1. The van der Waals surface area contributed by atoms with Gasteiger partial charge in [-0.05, 0) is 24.3 Å². The van der Waals surface area contributed by atoms with Crippen molar-refractivity contribution in [3.05, 3.63) is 29.8 Å². The molecule has 1 amide bonds. The van der Waals surface area contributed by atoms with Gasteiger partial charge < -0.3 is 10.5 Å². The molecule has 0 aliphatic carbocycles. The second kappa shape index (κ2) is 5.57. The highest BCUT2D eigenvalue weighted by Crippen LogP contribution is 2.19. The maximum Gasteiger partial charge on any atom is 0.387 e. The highest BCUT2D eigenvalue weighted by atomic mass is 32.1. The maximum atomic E-state index is 11.9. The lowest BCUT2D eigenvalue weighted by molar-refractivity contribution is -0.0498. The molecule has 0 bridgehead atoms. The molecule has 0 saturated carbocycles. The summed E-state index contributed by atoms with van der Waals surface area (Å²) in [7, 11) is 0. The topological polar surface area (TPSA) is 90.1 Å². The minimum atomic E-state index is -2.90. The number of halogens is 2. The third-order valence-corrected chi connectivity index (χ3v) is 2.67. The quantitative estimate of drug-likeness (QED) is 0.896. The number of nitrogen functional groups attached to an aromatic ring is 1. The van der Waals surface area contributed by atoms with E-state index in [9.17, 15) is 13.6 Å². The molecular formula is C10H8F2N4O2S. The number of aromatic nitrogens is 2. The lowest BCUT2D eigenvalue weighted by atomic mass is 10.2. The molecule has 19 heavy (non-hydrogen) atoms. The normalized spacial score (nSPS) is 10.5. The van der Waals surface area contributed by atoms with E-state index in [1.54, 1.807) is 0 Å². The van der Waals surface area contributed by atoms with Crippen molar-refractivity contribution in [2.75, 3.05) is 11.1 Å². The van der Waals surface area contributed by atoms with Gasteiger partial charge in [-0.1, -0.05) is 11.3 Å². The van der Waals surface area contributed by atoms with Gasteiger partial charge in [-0.25, -0.2) is 0 Å². The molecule has 2 rings (SSSR count). The second-order valence-electron chi connectivity index (χ2n) is 3.30. The van der Waals surface area contributed by atoms with E-state index in [2.05, 4.69) is 20.3 Å². The van der Waals surface area contributed by atoms with Crippen LogP contribution in [0.1, 0.15) is 10.4 Å². The number of anilines is 2. The number of nitrogens with one attached hydrogen (secondary N) is 1. The van der Waals surface area contributed by atoms with Crippen LogP contribution in [0, 0.1) is 0 Å². The van der Waals surface area contributed by atoms with Gasteiger partial charge in [-0.3, -0.25) is 10.1 Å². The highest BCUT2D eigenvalue weighted by Gasteiger charge is 2.10. The predicted octanol–water partition coefficient (Wildman–Crippen LogP) is 1.97. The van der Waals surface area contributed by atoms with Crippen molar-refractivity contribution in [2.24, 2.45) is 0 Å². The van der Waals surface area contributed by atoms with E-state index >= 15 is 0 Å². The van der Waals surface area contributed by atoms with E-state index < -0.39 is 12.5 Å². The number of nitrogens with zero attached hydrogens (tertiary/aromatic N) is 2. The Bertz CT molecular complexity index is 573. The van der Waals surface area contributed by atoms with Gasteiger partial charge in [0.25, 0.3) is 5.91 Å². The molecule has 0 spiro atoms. The van der Waals surface area contributed by atoms with Crippen LogP contribution in [0.5, 0.6) is 5.75 Å². The fourth-order valence-corrected chi connectivity index (χ4v) is 1.75. The van der Waals surface area contributed by atoms with Gasteiger partial charge in [0.15, 0.2) is 0 Å². The fourth-order valence-electron chi connectivity index (χ4n) is 1.24. The van der Waals surface area contributed by atoms with Crippen LogP contribution in [-0.2, 0) is 0 Å². The number of rotatable bonds is 4. The number of carbonyl (C=O) groups excluding carboxylic acids is 1. The lowest BCUT2D eigenvalue weighted by Crippen LogP contribution is -2.11. The highest BCUT2D eigenvalue weighted by molar-refractivity contribution is 7.19. The van der Waals surface area contributed by atoms with E-state index in [1.165, 1.54) is 24.3 Å². The van der Waals surface area contributed by atoms with Crippen LogP contribution in [0.25, 0.3) is 0 Å². The van der Waals surface area contributed by atoms with Crippen LogP contribution in [0.4, 0.5) is 19.0 Å². The first-order valence-corrected chi connectivity index (χ1v) is 5.81. The maximum absolute atomic E-state index is 11.9. The Balaban J connectivity index is 2.03. The zero-order chi connectivity index (χ0) is 13.8. The summed E-state index contributed by atoms with van der Waals surface area (Å²) in [6, 6.07) is 5.26. The van der Waals surface area contributed by atoms with E-state index in [0.717, 1.165) is 11.3 Å². The molecule has 0 saturated heterocycles. The Morgan fingerprint density at radius 3 is 2.53 bits per heavy atom. The molecule has 9 heteroatoms. The van der Waals surface area contributed by atoms with Crippen LogP contribution >= 0.6 is 11.3 Å². The number of nitrogens with two attached hydrogens (primary N) is 1. The molecule has 1 aromatic heterocycles. The molecule has 3 N–H and O–H groups in total. The molecule has 0 unspecified atom stereocenters. The molecule has 1 heterocycles. The number of benzene rings is 1. The van der Waals surface area contributed by atoms with Crippen molar-refractivity contribution in [1.29, 1.82) is 0 Å². The number of ether oxygens (including phenoxy) is 1. The zero-order valence-corrected chi connectivity index (χ0v) is 10.2. The molecule has 6 nitrogen and oxygen atoms in total. The summed E-state index contributed by atoms with van der Waals surface area (Å²) >= 11 is 1.02. The van der Waals surface area contributed by atoms with Crippen molar-refractivity contribution < 1.29 is 18.3 Å². The van der Waals surface area contributed by atoms with Crippen molar-refractivity contribution in [3.8, 4) is 5.75 Å². The van der Waals surface area contributed by atoms with Crippen LogP contribution in [0.2, 0.25) is 0 Å². The Labute approximate surface area is 110 Å². The van der Waals surface area contributed by atoms with Crippen molar-refractivity contribution in [2.45, 2.75) is 6.61 Å². The van der Waals surface area contributed by atoms with E-state index in [4.69, 9.17) is 5.73 Å². The average Bonchev–Trinajstić information content (AvgIpc) is 2.75. The van der Waals surface area contributed by atoms with Crippen LogP contribution in [0.3, 0.4) is 0 Å². The van der Waals surface area contributed by atoms with Crippen LogP contribution in [0.15, 0.2) is 24.3 Å². The molecule has 0 atom stereocenters. The van der Waals surface area contributed by atoms with Crippen LogP contribution < -0.4 is 15.8 Å². The minimum absolute atomic E-state index is 0.0216. The molecule has 0 radical (unpaired) electrons. The largest absolute Gasteiger partial charge is 0.435 e. The van der Waals surface area contributed by atoms with Crippen molar-refractivity contribution >= 4 is 27.5 Å². The van der Waals surface area contributed by atoms with E-state index in [1.807, 2.05) is 0 Å². The van der Waals surface area contributed by atoms with Gasteiger partial charge in [0.05, 0.1) is 0 Å². The van der Waals surface area contributed by atoms with Crippen LogP contribution in [-0.4, -0.2) is 22.7 Å². The van der Waals surface area contributed by atoms with Gasteiger partial charge in [0, 0.05) is 5.56 Å². The van der Waals surface area contributed by atoms with Gasteiger partial charge in [-0.15, -0.1) is 10.2 Å². The third-order valence-electron chi connectivity index (χ3n) is 2.00.